The SMILES string of the molecule is Cc1nn(CCC#N)c(C)c1CCC(=O)N(C1CC1)C1CCCc2ccccc21. The smallest absolute Gasteiger partial charge is 0.223 e. The van der Waals surface area contributed by atoms with Gasteiger partial charge in [0.1, 0.15) is 0 Å². The van der Waals surface area contributed by atoms with Gasteiger partial charge in [-0.05, 0) is 69.1 Å². The molecule has 2 aliphatic carbocycles. The maximum Gasteiger partial charge on any atom is 0.223 e. The molecule has 1 heterocycles. The average molecular weight is 391 g/mol. The lowest BCUT2D eigenvalue weighted by Gasteiger charge is -2.36. The van der Waals surface area contributed by atoms with Crippen molar-refractivity contribution < 1.29 is 4.79 Å². The highest BCUT2D eigenvalue weighted by atomic mass is 16.2. The van der Waals surface area contributed by atoms with Crippen LogP contribution in [-0.2, 0) is 24.2 Å². The first kappa shape index (κ1) is 19.7. The molecule has 0 aliphatic heterocycles. The Balaban J connectivity index is 1.49. The summed E-state index contributed by atoms with van der Waals surface area (Å²) in [7, 11) is 0. The second-order valence-corrected chi connectivity index (χ2v) is 8.42. The first-order valence-electron chi connectivity index (χ1n) is 10.9. The molecule has 0 radical (unpaired) electrons. The van der Waals surface area contributed by atoms with E-state index in [-0.39, 0.29) is 11.9 Å². The van der Waals surface area contributed by atoms with Gasteiger partial charge in [0.25, 0.3) is 0 Å². The molecule has 1 saturated carbocycles. The number of aromatic nitrogens is 2. The molecular weight excluding hydrogens is 360 g/mol. The molecule has 0 spiro atoms. The molecule has 152 valence electrons. The first-order valence-corrected chi connectivity index (χ1v) is 10.9. The van der Waals surface area contributed by atoms with E-state index < -0.39 is 0 Å². The molecule has 1 amide bonds. The Morgan fingerprint density at radius 2 is 2.07 bits per heavy atom. The highest BCUT2D eigenvalue weighted by Gasteiger charge is 2.39. The van der Waals surface area contributed by atoms with E-state index in [1.54, 1.807) is 0 Å². The minimum Gasteiger partial charge on any atom is -0.333 e. The number of rotatable bonds is 7. The van der Waals surface area contributed by atoms with Crippen LogP contribution in [0.5, 0.6) is 0 Å². The van der Waals surface area contributed by atoms with Crippen molar-refractivity contribution in [2.75, 3.05) is 0 Å². The van der Waals surface area contributed by atoms with E-state index in [9.17, 15) is 4.79 Å². The summed E-state index contributed by atoms with van der Waals surface area (Å²) in [5, 5.41) is 13.4. The van der Waals surface area contributed by atoms with Gasteiger partial charge >= 0.3 is 0 Å². The van der Waals surface area contributed by atoms with Gasteiger partial charge in [0.15, 0.2) is 0 Å². The average Bonchev–Trinajstić information content (AvgIpc) is 3.52. The Hall–Kier alpha value is -2.61. The fourth-order valence-electron chi connectivity index (χ4n) is 4.83. The van der Waals surface area contributed by atoms with Crippen molar-refractivity contribution in [1.82, 2.24) is 14.7 Å². The van der Waals surface area contributed by atoms with E-state index in [2.05, 4.69) is 40.3 Å². The van der Waals surface area contributed by atoms with Crippen LogP contribution in [0.4, 0.5) is 0 Å². The molecule has 5 nitrogen and oxygen atoms in total. The van der Waals surface area contributed by atoms with E-state index in [0.717, 1.165) is 55.5 Å². The van der Waals surface area contributed by atoms with Gasteiger partial charge in [0.05, 0.1) is 30.8 Å². The van der Waals surface area contributed by atoms with Crippen molar-refractivity contribution in [2.45, 2.75) is 83.8 Å². The summed E-state index contributed by atoms with van der Waals surface area (Å²) in [5.41, 5.74) is 6.00. The van der Waals surface area contributed by atoms with Gasteiger partial charge in [-0.1, -0.05) is 24.3 Å². The fraction of sp³-hybridized carbons (Fsp3) is 0.542. The summed E-state index contributed by atoms with van der Waals surface area (Å²) in [4.78, 5) is 15.6. The number of benzene rings is 1. The third-order valence-corrected chi connectivity index (χ3v) is 6.46. The van der Waals surface area contributed by atoms with Crippen LogP contribution >= 0.6 is 0 Å². The number of hydrogen-bond acceptors (Lipinski definition) is 3. The van der Waals surface area contributed by atoms with Crippen LogP contribution in [0.25, 0.3) is 0 Å². The molecule has 2 aromatic rings. The molecule has 29 heavy (non-hydrogen) atoms. The Morgan fingerprint density at radius 3 is 2.83 bits per heavy atom. The number of carbonyl (C=O) groups is 1. The summed E-state index contributed by atoms with van der Waals surface area (Å²) in [6.45, 7) is 4.67. The molecule has 1 fully saturated rings. The van der Waals surface area contributed by atoms with Crippen LogP contribution in [0.2, 0.25) is 0 Å². The standard InChI is InChI=1S/C24H30N4O/c1-17-21(18(2)27(26-17)16-6-15-25)13-14-24(29)28(20-11-12-20)23-10-5-8-19-7-3-4-9-22(19)23/h3-4,7,9,20,23H,5-6,8,10-14,16H2,1-2H3. The fourth-order valence-corrected chi connectivity index (χ4v) is 4.83. The molecule has 4 rings (SSSR count). The molecule has 1 aromatic heterocycles. The maximum absolute atomic E-state index is 13.4. The van der Waals surface area contributed by atoms with Crippen molar-refractivity contribution in [3.8, 4) is 6.07 Å². The van der Waals surface area contributed by atoms with Crippen LogP contribution in [0.15, 0.2) is 24.3 Å². The van der Waals surface area contributed by atoms with Crippen LogP contribution in [0.1, 0.15) is 72.6 Å². The van der Waals surface area contributed by atoms with Crippen molar-refractivity contribution in [3.63, 3.8) is 0 Å². The summed E-state index contributed by atoms with van der Waals surface area (Å²) in [6.07, 6.45) is 7.33. The molecule has 1 aromatic carbocycles. The number of amides is 1. The summed E-state index contributed by atoms with van der Waals surface area (Å²) in [6, 6.07) is 11.5. The predicted octanol–water partition coefficient (Wildman–Crippen LogP) is 4.41. The molecule has 0 N–H and O–H groups in total. The number of hydrogen-bond donors (Lipinski definition) is 0. The number of carbonyl (C=O) groups excluding carboxylic acids is 1. The molecule has 1 atom stereocenters. The van der Waals surface area contributed by atoms with Crippen molar-refractivity contribution in [3.05, 3.63) is 52.3 Å². The van der Waals surface area contributed by atoms with E-state index in [4.69, 9.17) is 5.26 Å². The quantitative estimate of drug-likeness (QED) is 0.703. The Labute approximate surface area is 173 Å². The third kappa shape index (κ3) is 4.07. The van der Waals surface area contributed by atoms with Crippen molar-refractivity contribution >= 4 is 5.91 Å². The normalized spacial score (nSPS) is 18.2. The van der Waals surface area contributed by atoms with Crippen LogP contribution in [0, 0.1) is 25.2 Å². The Morgan fingerprint density at radius 1 is 1.28 bits per heavy atom. The predicted molar refractivity (Wildman–Crippen MR) is 112 cm³/mol. The van der Waals surface area contributed by atoms with Gasteiger partial charge in [0, 0.05) is 18.2 Å². The first-order chi connectivity index (χ1) is 14.1. The van der Waals surface area contributed by atoms with Gasteiger partial charge < -0.3 is 4.90 Å². The largest absolute Gasteiger partial charge is 0.333 e. The van der Waals surface area contributed by atoms with Gasteiger partial charge in [0.2, 0.25) is 5.91 Å². The molecular formula is C24H30N4O. The number of nitriles is 1. The third-order valence-electron chi connectivity index (χ3n) is 6.46. The molecule has 0 bridgehead atoms. The van der Waals surface area contributed by atoms with E-state index in [0.29, 0.717) is 25.4 Å². The second-order valence-electron chi connectivity index (χ2n) is 8.42. The van der Waals surface area contributed by atoms with E-state index in [1.165, 1.54) is 11.1 Å². The summed E-state index contributed by atoms with van der Waals surface area (Å²) >= 11 is 0. The minimum atomic E-state index is 0.237. The van der Waals surface area contributed by atoms with Crippen molar-refractivity contribution in [1.29, 1.82) is 5.26 Å². The molecule has 2 aliphatic rings. The van der Waals surface area contributed by atoms with Gasteiger partial charge in [-0.15, -0.1) is 0 Å². The lowest BCUT2D eigenvalue weighted by Crippen LogP contribution is -2.38. The second kappa shape index (κ2) is 8.41. The Kier molecular flexibility index (Phi) is 5.71. The molecule has 0 saturated heterocycles. The van der Waals surface area contributed by atoms with E-state index in [1.807, 2.05) is 18.5 Å². The van der Waals surface area contributed by atoms with E-state index >= 15 is 0 Å². The minimum absolute atomic E-state index is 0.237. The zero-order chi connectivity index (χ0) is 20.4. The van der Waals surface area contributed by atoms with Gasteiger partial charge in [-0.2, -0.15) is 10.4 Å². The monoisotopic (exact) mass is 390 g/mol. The number of nitrogens with zero attached hydrogens (tertiary/aromatic N) is 4. The van der Waals surface area contributed by atoms with Crippen LogP contribution in [0.3, 0.4) is 0 Å². The van der Waals surface area contributed by atoms with Gasteiger partial charge in [-0.25, -0.2) is 0 Å². The zero-order valence-electron chi connectivity index (χ0n) is 17.5. The molecule has 1 unspecified atom stereocenters. The highest BCUT2D eigenvalue weighted by Crippen LogP contribution is 2.41. The summed E-state index contributed by atoms with van der Waals surface area (Å²) in [5.74, 6) is 0.276. The Bertz CT molecular complexity index is 935. The van der Waals surface area contributed by atoms with Crippen LogP contribution in [-0.4, -0.2) is 26.6 Å². The summed E-state index contributed by atoms with van der Waals surface area (Å²) < 4.78 is 1.91. The highest BCUT2D eigenvalue weighted by molar-refractivity contribution is 5.78. The topological polar surface area (TPSA) is 61.9 Å². The molecule has 5 heteroatoms. The van der Waals surface area contributed by atoms with Crippen molar-refractivity contribution in [2.24, 2.45) is 0 Å². The van der Waals surface area contributed by atoms with Gasteiger partial charge in [-0.3, -0.25) is 9.48 Å². The number of aryl methyl sites for hydroxylation is 3. The lowest BCUT2D eigenvalue weighted by atomic mass is 9.86. The zero-order valence-corrected chi connectivity index (χ0v) is 17.5. The lowest BCUT2D eigenvalue weighted by molar-refractivity contribution is -0.134. The van der Waals surface area contributed by atoms with Crippen LogP contribution < -0.4 is 0 Å². The number of fused-ring (bicyclic) bond motifs is 1. The maximum atomic E-state index is 13.4.